The number of ether oxygens (including phenoxy) is 3. The molecule has 16 heteroatoms. The summed E-state index contributed by atoms with van der Waals surface area (Å²) in [6.07, 6.45) is -5.29. The van der Waals surface area contributed by atoms with Crippen LogP contribution in [0.2, 0.25) is 0 Å². The van der Waals surface area contributed by atoms with E-state index in [0.29, 0.717) is 31.8 Å². The van der Waals surface area contributed by atoms with Crippen LogP contribution in [0.3, 0.4) is 0 Å². The molecule has 0 bridgehead atoms. The molecular weight excluding hydrogens is 566 g/mol. The first kappa shape index (κ1) is 34.4. The molecule has 15 N–H and O–H groups in total. The number of rotatable bonds is 12. The van der Waals surface area contributed by atoms with Crippen LogP contribution in [-0.4, -0.2) is 151 Å². The van der Waals surface area contributed by atoms with E-state index in [0.717, 1.165) is 0 Å². The Morgan fingerprint density at radius 3 is 2.58 bits per heavy atom. The van der Waals surface area contributed by atoms with Gasteiger partial charge in [-0.25, -0.2) is 0 Å². The normalized spacial score (nSPS) is 41.9. The van der Waals surface area contributed by atoms with Crippen molar-refractivity contribution in [2.24, 2.45) is 29.0 Å². The second kappa shape index (κ2) is 14.7. The lowest BCUT2D eigenvalue weighted by Crippen LogP contribution is -2.70. The Morgan fingerprint density at radius 2 is 1.95 bits per heavy atom. The van der Waals surface area contributed by atoms with Gasteiger partial charge in [-0.15, -0.1) is 0 Å². The molecule has 1 aliphatic carbocycles. The summed E-state index contributed by atoms with van der Waals surface area (Å²) in [7, 11) is 1.59. The van der Waals surface area contributed by atoms with Gasteiger partial charge in [0.15, 0.2) is 6.29 Å². The van der Waals surface area contributed by atoms with Crippen molar-refractivity contribution in [1.29, 1.82) is 0 Å². The molecule has 0 aromatic rings. The van der Waals surface area contributed by atoms with Crippen molar-refractivity contribution >= 4 is 5.91 Å². The molecule has 16 nitrogen and oxygen atoms in total. The number of nitrogens with two attached hydrogens (primary N) is 3. The lowest BCUT2D eigenvalue weighted by molar-refractivity contribution is -0.297. The van der Waals surface area contributed by atoms with Crippen LogP contribution in [0.15, 0.2) is 11.8 Å². The Balaban J connectivity index is 1.53. The first-order valence-corrected chi connectivity index (χ1v) is 15.1. The van der Waals surface area contributed by atoms with Gasteiger partial charge < -0.3 is 78.2 Å². The van der Waals surface area contributed by atoms with E-state index in [2.05, 4.69) is 21.3 Å². The molecule has 4 rings (SSSR count). The van der Waals surface area contributed by atoms with E-state index in [1.807, 2.05) is 6.08 Å². The molecule has 0 radical (unpaired) electrons. The van der Waals surface area contributed by atoms with E-state index in [1.54, 1.807) is 7.05 Å². The highest BCUT2D eigenvalue weighted by atomic mass is 16.7. The Kier molecular flexibility index (Phi) is 11.8. The maximum Gasteiger partial charge on any atom is 0.249 e. The summed E-state index contributed by atoms with van der Waals surface area (Å²) in [6, 6.07) is -2.85. The minimum absolute atomic E-state index is 0.114. The molecule has 0 spiro atoms. The van der Waals surface area contributed by atoms with E-state index in [-0.39, 0.29) is 32.0 Å². The fourth-order valence-electron chi connectivity index (χ4n) is 6.42. The van der Waals surface area contributed by atoms with Crippen molar-refractivity contribution in [1.82, 2.24) is 21.3 Å². The van der Waals surface area contributed by atoms with Gasteiger partial charge in [-0.3, -0.25) is 4.79 Å². The number of likely N-dealkylation sites (N-methyl/N-ethyl adjacent to an activating group) is 1. The zero-order chi connectivity index (χ0) is 31.5. The van der Waals surface area contributed by atoms with Gasteiger partial charge in [-0.1, -0.05) is 0 Å². The summed E-state index contributed by atoms with van der Waals surface area (Å²) in [4.78, 5) is 13.0. The zero-order valence-electron chi connectivity index (χ0n) is 24.8. The largest absolute Gasteiger partial charge is 0.492 e. The third-order valence-corrected chi connectivity index (χ3v) is 9.09. The second-order valence-electron chi connectivity index (χ2n) is 12.5. The summed E-state index contributed by atoms with van der Waals surface area (Å²) in [6.45, 7) is 3.06. The van der Waals surface area contributed by atoms with Crippen molar-refractivity contribution in [3.8, 4) is 0 Å². The summed E-state index contributed by atoms with van der Waals surface area (Å²) in [5.74, 6) is -1.03. The maximum atomic E-state index is 13.0. The van der Waals surface area contributed by atoms with Crippen LogP contribution >= 0.6 is 0 Å². The molecule has 248 valence electrons. The molecule has 3 fully saturated rings. The number of carbonyl (C=O) groups excluding carboxylic acids is 1. The van der Waals surface area contributed by atoms with E-state index in [4.69, 9.17) is 31.4 Å². The molecule has 0 aromatic carbocycles. The monoisotopic (exact) mass is 617 g/mol. The number of aliphatic hydroxyl groups excluding tert-OH is 4. The number of carbonyl (C=O) groups is 1. The van der Waals surface area contributed by atoms with Gasteiger partial charge in [0, 0.05) is 50.1 Å². The highest BCUT2D eigenvalue weighted by Crippen LogP contribution is 2.36. The SMILES string of the molecule is CN[C@@H]1[C@@H](O)[C@@H](O[C@@H]2[C@@H](O)[C@H](C3OC(CNCC(O)CN)=CC[C@H]3N)[C@@H](N)C[C@H]2NC(=O)C(O)C2CNC2)OC[C@]1(C)O. The van der Waals surface area contributed by atoms with Crippen LogP contribution in [0.4, 0.5) is 0 Å². The predicted molar refractivity (Wildman–Crippen MR) is 154 cm³/mol. The number of aliphatic hydroxyl groups is 5. The molecule has 43 heavy (non-hydrogen) atoms. The maximum absolute atomic E-state index is 13.0. The number of hydrogen-bond donors (Lipinski definition) is 12. The minimum atomic E-state index is -1.39. The fourth-order valence-corrected chi connectivity index (χ4v) is 6.42. The van der Waals surface area contributed by atoms with Gasteiger partial charge in [0.1, 0.15) is 35.8 Å². The van der Waals surface area contributed by atoms with Crippen LogP contribution in [0, 0.1) is 11.8 Å². The molecule has 4 aliphatic rings. The van der Waals surface area contributed by atoms with Crippen molar-refractivity contribution < 1.29 is 44.5 Å². The quantitative estimate of drug-likeness (QED) is 0.0972. The van der Waals surface area contributed by atoms with Crippen LogP contribution in [0.5, 0.6) is 0 Å². The van der Waals surface area contributed by atoms with Crippen molar-refractivity contribution in [3.05, 3.63) is 11.8 Å². The van der Waals surface area contributed by atoms with Gasteiger partial charge in [0.2, 0.25) is 5.91 Å². The Labute approximate surface area is 251 Å². The van der Waals surface area contributed by atoms with Gasteiger partial charge in [-0.05, 0) is 32.9 Å². The average Bonchev–Trinajstić information content (AvgIpc) is 2.92. The van der Waals surface area contributed by atoms with Crippen LogP contribution in [0.25, 0.3) is 0 Å². The van der Waals surface area contributed by atoms with Gasteiger partial charge in [0.05, 0.1) is 37.4 Å². The molecule has 3 aliphatic heterocycles. The topological polar surface area (TPSA) is 272 Å². The summed E-state index contributed by atoms with van der Waals surface area (Å²) < 4.78 is 18.1. The first-order valence-electron chi connectivity index (χ1n) is 15.1. The molecule has 3 unspecified atom stereocenters. The molecule has 3 heterocycles. The van der Waals surface area contributed by atoms with Crippen LogP contribution in [-0.2, 0) is 19.0 Å². The predicted octanol–water partition coefficient (Wildman–Crippen LogP) is -5.89. The van der Waals surface area contributed by atoms with Gasteiger partial charge >= 0.3 is 0 Å². The van der Waals surface area contributed by atoms with E-state index in [9.17, 15) is 30.3 Å². The third kappa shape index (κ3) is 7.84. The fraction of sp³-hybridized carbons (Fsp3) is 0.889. The van der Waals surface area contributed by atoms with Gasteiger partial charge in [0.25, 0.3) is 0 Å². The van der Waals surface area contributed by atoms with E-state index >= 15 is 0 Å². The minimum Gasteiger partial charge on any atom is -0.492 e. The van der Waals surface area contributed by atoms with Crippen molar-refractivity contribution in [3.63, 3.8) is 0 Å². The second-order valence-corrected chi connectivity index (χ2v) is 12.5. The Hall–Kier alpha value is -1.51. The summed E-state index contributed by atoms with van der Waals surface area (Å²) in [5, 5.41) is 65.6. The number of hydrogen-bond acceptors (Lipinski definition) is 15. The number of amides is 1. The molecular formula is C27H51N7O9. The summed E-state index contributed by atoms with van der Waals surface area (Å²) >= 11 is 0. The Bertz CT molecular complexity index is 958. The number of nitrogens with one attached hydrogen (secondary N) is 4. The lowest BCUT2D eigenvalue weighted by Gasteiger charge is -2.50. The van der Waals surface area contributed by atoms with E-state index in [1.165, 1.54) is 6.92 Å². The molecule has 1 saturated carbocycles. The highest BCUT2D eigenvalue weighted by molar-refractivity contribution is 5.81. The van der Waals surface area contributed by atoms with Gasteiger partial charge in [-0.2, -0.15) is 0 Å². The van der Waals surface area contributed by atoms with E-state index < -0.39 is 84.5 Å². The van der Waals surface area contributed by atoms with Crippen molar-refractivity contribution in [2.75, 3.05) is 46.4 Å². The molecule has 13 atom stereocenters. The highest BCUT2D eigenvalue weighted by Gasteiger charge is 2.53. The average molecular weight is 618 g/mol. The standard InChI is InChI=1S/C27H51N7O9/c1-27(40)11-41-26(21(38)24(27)31-2)43-23-17(34-25(39)19(36)12-7-32-8-12)5-16(30)18(20(23)37)22-15(29)4-3-14(42-22)10-33-9-13(35)6-28/h3,12-13,15-24,26,31-33,35-38,40H,4-11,28-30H2,1-2H3,(H,34,39)/t13?,15-,16+,17-,18-,19?,20+,21-,22?,23+,24-,26-,27+/m1/s1. The summed E-state index contributed by atoms with van der Waals surface area (Å²) in [5.41, 5.74) is 17.2. The zero-order valence-corrected chi connectivity index (χ0v) is 24.8. The first-order chi connectivity index (χ1) is 20.4. The molecule has 0 aromatic heterocycles. The van der Waals surface area contributed by atoms with Crippen LogP contribution < -0.4 is 38.5 Å². The van der Waals surface area contributed by atoms with Crippen molar-refractivity contribution in [2.45, 2.75) is 92.4 Å². The molecule has 1 amide bonds. The molecule has 2 saturated heterocycles. The lowest BCUT2D eigenvalue weighted by atomic mass is 9.72. The third-order valence-electron chi connectivity index (χ3n) is 9.09. The Morgan fingerprint density at radius 1 is 1.23 bits per heavy atom. The van der Waals surface area contributed by atoms with Crippen LogP contribution in [0.1, 0.15) is 19.8 Å². The smallest absolute Gasteiger partial charge is 0.249 e.